The summed E-state index contributed by atoms with van der Waals surface area (Å²) in [5.74, 6) is 0.721. The van der Waals surface area contributed by atoms with Crippen molar-refractivity contribution < 1.29 is 0 Å². The summed E-state index contributed by atoms with van der Waals surface area (Å²) in [5, 5.41) is 11.0. The van der Waals surface area contributed by atoms with Crippen LogP contribution in [-0.2, 0) is 0 Å². The van der Waals surface area contributed by atoms with Crippen LogP contribution < -0.4 is 5.32 Å². The highest BCUT2D eigenvalue weighted by molar-refractivity contribution is 6.28. The van der Waals surface area contributed by atoms with Crippen LogP contribution in [0.5, 0.6) is 0 Å². The van der Waals surface area contributed by atoms with E-state index < -0.39 is 0 Å². The van der Waals surface area contributed by atoms with Crippen molar-refractivity contribution in [3.63, 3.8) is 0 Å². The van der Waals surface area contributed by atoms with E-state index in [1.54, 1.807) is 6.20 Å². The second-order valence-corrected chi connectivity index (χ2v) is 4.13. The first kappa shape index (κ1) is 12.1. The van der Waals surface area contributed by atoms with Crippen molar-refractivity contribution in [2.75, 3.05) is 32.0 Å². The fraction of sp³-hybridized carbons (Fsp3) is 0.500. The molecule has 0 spiro atoms. The minimum absolute atomic E-state index is 0.216. The molecule has 2 aromatic rings. The fourth-order valence-corrected chi connectivity index (χ4v) is 1.63. The van der Waals surface area contributed by atoms with Gasteiger partial charge in [-0.2, -0.15) is 15.1 Å². The average molecular weight is 255 g/mol. The molecule has 0 aromatic carbocycles. The SMILES string of the molecule is CCN(C)CCNc1nc(Cl)nc2[nH]ncc12. The molecule has 0 bridgehead atoms. The Bertz CT molecular complexity index is 497. The van der Waals surface area contributed by atoms with E-state index in [2.05, 4.69) is 44.4 Å². The Morgan fingerprint density at radius 2 is 2.29 bits per heavy atom. The van der Waals surface area contributed by atoms with Gasteiger partial charge in [0, 0.05) is 13.1 Å². The maximum atomic E-state index is 5.83. The lowest BCUT2D eigenvalue weighted by Gasteiger charge is -2.14. The van der Waals surface area contributed by atoms with E-state index >= 15 is 0 Å². The Hall–Kier alpha value is -1.40. The predicted octanol–water partition coefficient (Wildman–Crippen LogP) is 1.37. The molecule has 0 saturated heterocycles. The summed E-state index contributed by atoms with van der Waals surface area (Å²) in [5.41, 5.74) is 0.649. The zero-order valence-electron chi connectivity index (χ0n) is 9.87. The van der Waals surface area contributed by atoms with Gasteiger partial charge in [0.05, 0.1) is 11.6 Å². The Morgan fingerprint density at radius 1 is 1.47 bits per heavy atom. The highest BCUT2D eigenvalue weighted by Crippen LogP contribution is 2.19. The maximum absolute atomic E-state index is 5.83. The van der Waals surface area contributed by atoms with Crippen LogP contribution in [0.1, 0.15) is 6.92 Å². The molecule has 0 amide bonds. The first-order chi connectivity index (χ1) is 8.20. The molecular weight excluding hydrogens is 240 g/mol. The predicted molar refractivity (Wildman–Crippen MR) is 68.4 cm³/mol. The molecule has 0 radical (unpaired) electrons. The molecule has 0 saturated carbocycles. The summed E-state index contributed by atoms with van der Waals surface area (Å²) in [4.78, 5) is 10.4. The van der Waals surface area contributed by atoms with Crippen LogP contribution in [0.4, 0.5) is 5.82 Å². The van der Waals surface area contributed by atoms with Crippen molar-refractivity contribution in [3.05, 3.63) is 11.5 Å². The molecule has 0 aliphatic rings. The standard InChI is InChI=1S/C10H15ClN6/c1-3-17(2)5-4-12-8-7-6-13-16-9(7)15-10(11)14-8/h6H,3-5H2,1-2H3,(H2,12,13,14,15,16). The zero-order valence-corrected chi connectivity index (χ0v) is 10.6. The minimum Gasteiger partial charge on any atom is -0.368 e. The Kier molecular flexibility index (Phi) is 3.75. The maximum Gasteiger partial charge on any atom is 0.226 e. The van der Waals surface area contributed by atoms with Crippen molar-refractivity contribution >= 4 is 28.5 Å². The van der Waals surface area contributed by atoms with E-state index in [4.69, 9.17) is 11.6 Å². The van der Waals surface area contributed by atoms with Gasteiger partial charge >= 0.3 is 0 Å². The van der Waals surface area contributed by atoms with E-state index in [0.717, 1.165) is 30.8 Å². The number of likely N-dealkylation sites (N-methyl/N-ethyl adjacent to an activating group) is 1. The number of hydrogen-bond acceptors (Lipinski definition) is 5. The number of H-pyrrole nitrogens is 1. The number of fused-ring (bicyclic) bond motifs is 1. The molecule has 0 fully saturated rings. The van der Waals surface area contributed by atoms with Crippen LogP contribution in [0.25, 0.3) is 11.0 Å². The van der Waals surface area contributed by atoms with Crippen LogP contribution >= 0.6 is 11.6 Å². The lowest BCUT2D eigenvalue weighted by atomic mass is 10.4. The van der Waals surface area contributed by atoms with Gasteiger partial charge in [-0.1, -0.05) is 6.92 Å². The minimum atomic E-state index is 0.216. The summed E-state index contributed by atoms with van der Waals surface area (Å²) in [6.07, 6.45) is 1.69. The van der Waals surface area contributed by atoms with Crippen LogP contribution in [-0.4, -0.2) is 51.7 Å². The molecule has 0 aliphatic heterocycles. The van der Waals surface area contributed by atoms with Crippen LogP contribution in [0.3, 0.4) is 0 Å². The largest absolute Gasteiger partial charge is 0.368 e. The van der Waals surface area contributed by atoms with Gasteiger partial charge in [0.25, 0.3) is 0 Å². The number of nitrogens with zero attached hydrogens (tertiary/aromatic N) is 4. The molecule has 6 nitrogen and oxygen atoms in total. The summed E-state index contributed by atoms with van der Waals surface area (Å²) >= 11 is 5.83. The second kappa shape index (κ2) is 5.29. The highest BCUT2D eigenvalue weighted by Gasteiger charge is 2.07. The Labute approximate surface area is 104 Å². The third-order valence-corrected chi connectivity index (χ3v) is 2.78. The topological polar surface area (TPSA) is 69.7 Å². The van der Waals surface area contributed by atoms with Gasteiger partial charge in [0.1, 0.15) is 5.82 Å². The van der Waals surface area contributed by atoms with Crippen LogP contribution in [0, 0.1) is 0 Å². The van der Waals surface area contributed by atoms with E-state index in [9.17, 15) is 0 Å². The summed E-state index contributed by atoms with van der Waals surface area (Å²) in [6, 6.07) is 0. The molecule has 2 aromatic heterocycles. The molecular formula is C10H15ClN6. The third kappa shape index (κ3) is 2.83. The molecule has 92 valence electrons. The Morgan fingerprint density at radius 3 is 3.06 bits per heavy atom. The summed E-state index contributed by atoms with van der Waals surface area (Å²) < 4.78 is 0. The number of anilines is 1. The van der Waals surface area contributed by atoms with Crippen molar-refractivity contribution in [3.8, 4) is 0 Å². The fourth-order valence-electron chi connectivity index (χ4n) is 1.47. The van der Waals surface area contributed by atoms with Crippen molar-refractivity contribution in [1.82, 2.24) is 25.1 Å². The number of aromatic amines is 1. The first-order valence-electron chi connectivity index (χ1n) is 5.49. The average Bonchev–Trinajstić information content (AvgIpc) is 2.76. The van der Waals surface area contributed by atoms with Crippen molar-refractivity contribution in [1.29, 1.82) is 0 Å². The van der Waals surface area contributed by atoms with E-state index in [1.165, 1.54) is 0 Å². The van der Waals surface area contributed by atoms with Gasteiger partial charge in [-0.15, -0.1) is 0 Å². The van der Waals surface area contributed by atoms with Crippen LogP contribution in [0.15, 0.2) is 6.20 Å². The highest BCUT2D eigenvalue weighted by atomic mass is 35.5. The summed E-state index contributed by atoms with van der Waals surface area (Å²) in [6.45, 7) is 4.89. The summed E-state index contributed by atoms with van der Waals surface area (Å²) in [7, 11) is 2.07. The number of aromatic nitrogens is 4. The van der Waals surface area contributed by atoms with Crippen LogP contribution in [0.2, 0.25) is 5.28 Å². The smallest absolute Gasteiger partial charge is 0.226 e. The quantitative estimate of drug-likeness (QED) is 0.789. The van der Waals surface area contributed by atoms with Gasteiger partial charge in [-0.3, -0.25) is 5.10 Å². The zero-order chi connectivity index (χ0) is 12.3. The third-order valence-electron chi connectivity index (χ3n) is 2.61. The number of hydrogen-bond donors (Lipinski definition) is 2. The number of nitrogens with one attached hydrogen (secondary N) is 2. The Balaban J connectivity index is 2.09. The number of halogens is 1. The van der Waals surface area contributed by atoms with E-state index in [0.29, 0.717) is 5.65 Å². The molecule has 0 unspecified atom stereocenters. The lowest BCUT2D eigenvalue weighted by Crippen LogP contribution is -2.25. The molecule has 2 heterocycles. The van der Waals surface area contributed by atoms with Gasteiger partial charge in [0.2, 0.25) is 5.28 Å². The molecule has 7 heteroatoms. The van der Waals surface area contributed by atoms with Gasteiger partial charge in [-0.05, 0) is 25.2 Å². The lowest BCUT2D eigenvalue weighted by molar-refractivity contribution is 0.367. The van der Waals surface area contributed by atoms with E-state index in [1.807, 2.05) is 0 Å². The molecule has 0 aliphatic carbocycles. The van der Waals surface area contributed by atoms with Gasteiger partial charge < -0.3 is 10.2 Å². The van der Waals surface area contributed by atoms with Gasteiger partial charge in [0.15, 0.2) is 5.65 Å². The first-order valence-corrected chi connectivity index (χ1v) is 5.87. The van der Waals surface area contributed by atoms with Crippen molar-refractivity contribution in [2.45, 2.75) is 6.92 Å². The second-order valence-electron chi connectivity index (χ2n) is 3.80. The molecule has 0 atom stereocenters. The normalized spacial score (nSPS) is 11.3. The van der Waals surface area contributed by atoms with E-state index in [-0.39, 0.29) is 5.28 Å². The van der Waals surface area contributed by atoms with Gasteiger partial charge in [-0.25, -0.2) is 0 Å². The number of rotatable bonds is 5. The monoisotopic (exact) mass is 254 g/mol. The molecule has 2 rings (SSSR count). The molecule has 17 heavy (non-hydrogen) atoms. The van der Waals surface area contributed by atoms with Crippen molar-refractivity contribution in [2.24, 2.45) is 0 Å². The molecule has 2 N–H and O–H groups in total.